The Hall–Kier alpha value is -1.62. The normalized spacial score (nSPS) is 10.8. The van der Waals surface area contributed by atoms with Crippen molar-refractivity contribution in [2.75, 3.05) is 13.7 Å². The van der Waals surface area contributed by atoms with Crippen molar-refractivity contribution in [3.63, 3.8) is 0 Å². The van der Waals surface area contributed by atoms with Crippen LogP contribution in [0.4, 0.5) is 0 Å². The van der Waals surface area contributed by atoms with E-state index in [9.17, 15) is 13.2 Å². The maximum absolute atomic E-state index is 11.7. The number of nitrogens with one attached hydrogen (secondary N) is 1. The fourth-order valence-corrected chi connectivity index (χ4v) is 2.59. The first-order chi connectivity index (χ1) is 9.42. The first kappa shape index (κ1) is 16.4. The van der Waals surface area contributed by atoms with E-state index < -0.39 is 16.0 Å². The third-order valence-corrected chi connectivity index (χ3v) is 4.29. The number of unbranched alkanes of at least 4 members (excludes halogenated alkanes) is 1. The maximum Gasteiger partial charge on any atom is 0.338 e. The molecule has 8 heteroatoms. The molecule has 0 aliphatic heterocycles. The van der Waals surface area contributed by atoms with Gasteiger partial charge in [0, 0.05) is 6.42 Å². The minimum absolute atomic E-state index is 0.0142. The van der Waals surface area contributed by atoms with Gasteiger partial charge in [0.2, 0.25) is 10.0 Å². The molecule has 0 aromatic heterocycles. The molecule has 0 heterocycles. The number of nitriles is 1. The van der Waals surface area contributed by atoms with Crippen molar-refractivity contribution in [1.82, 2.24) is 4.72 Å². The van der Waals surface area contributed by atoms with Crippen LogP contribution in [-0.2, 0) is 14.8 Å². The fourth-order valence-electron chi connectivity index (χ4n) is 1.35. The predicted octanol–water partition coefficient (Wildman–Crippen LogP) is 1.71. The number of sulfonamides is 1. The lowest BCUT2D eigenvalue weighted by molar-refractivity contribution is 0.0501. The Morgan fingerprint density at radius 1 is 1.50 bits per heavy atom. The number of esters is 1. The molecular formula is C12H13ClN2O4S. The number of benzene rings is 1. The molecule has 0 radical (unpaired) electrons. The van der Waals surface area contributed by atoms with Crippen molar-refractivity contribution in [3.05, 3.63) is 28.8 Å². The van der Waals surface area contributed by atoms with Gasteiger partial charge >= 0.3 is 5.97 Å². The van der Waals surface area contributed by atoms with E-state index in [0.29, 0.717) is 6.42 Å². The van der Waals surface area contributed by atoms with E-state index in [0.717, 1.165) is 6.07 Å². The van der Waals surface area contributed by atoms with Gasteiger partial charge in [-0.05, 0) is 31.7 Å². The summed E-state index contributed by atoms with van der Waals surface area (Å²) in [5.41, 5.74) is 0.0835. The lowest BCUT2D eigenvalue weighted by Gasteiger charge is -2.08. The van der Waals surface area contributed by atoms with Crippen LogP contribution in [0.3, 0.4) is 0 Å². The van der Waals surface area contributed by atoms with Gasteiger partial charge in [0.05, 0.1) is 23.3 Å². The topological polar surface area (TPSA) is 96.3 Å². The van der Waals surface area contributed by atoms with E-state index in [1.807, 2.05) is 6.07 Å². The highest BCUT2D eigenvalue weighted by Gasteiger charge is 2.19. The van der Waals surface area contributed by atoms with Crippen molar-refractivity contribution >= 4 is 27.6 Å². The Labute approximate surface area is 122 Å². The number of nitrogens with zero attached hydrogens (tertiary/aromatic N) is 1. The summed E-state index contributed by atoms with van der Waals surface area (Å²) in [6.45, 7) is 0.100. The number of carbonyl (C=O) groups excluding carboxylic acids is 1. The summed E-state index contributed by atoms with van der Waals surface area (Å²) >= 11 is 5.80. The van der Waals surface area contributed by atoms with E-state index in [4.69, 9.17) is 21.6 Å². The molecule has 0 saturated carbocycles. The van der Waals surface area contributed by atoms with E-state index in [1.54, 1.807) is 0 Å². The Morgan fingerprint density at radius 3 is 2.80 bits per heavy atom. The van der Waals surface area contributed by atoms with Gasteiger partial charge < -0.3 is 4.74 Å². The van der Waals surface area contributed by atoms with Gasteiger partial charge in [0.15, 0.2) is 0 Å². The molecule has 20 heavy (non-hydrogen) atoms. The second-order valence-corrected chi connectivity index (χ2v) is 6.01. The minimum atomic E-state index is -3.75. The number of carbonyl (C=O) groups is 1. The molecule has 6 nitrogen and oxygen atoms in total. The van der Waals surface area contributed by atoms with Crippen molar-refractivity contribution in [2.24, 2.45) is 0 Å². The Morgan fingerprint density at radius 2 is 2.20 bits per heavy atom. The average Bonchev–Trinajstić information content (AvgIpc) is 2.43. The highest BCUT2D eigenvalue weighted by atomic mass is 35.5. The lowest BCUT2D eigenvalue weighted by Crippen LogP contribution is -2.19. The van der Waals surface area contributed by atoms with Gasteiger partial charge in [-0.15, -0.1) is 0 Å². The van der Waals surface area contributed by atoms with Crippen LogP contribution in [0.1, 0.15) is 23.2 Å². The number of halogens is 1. The molecule has 0 fully saturated rings. The van der Waals surface area contributed by atoms with Gasteiger partial charge in [0.25, 0.3) is 0 Å². The van der Waals surface area contributed by atoms with Crippen molar-refractivity contribution in [1.29, 1.82) is 5.26 Å². The molecule has 1 aromatic carbocycles. The average molecular weight is 317 g/mol. The van der Waals surface area contributed by atoms with E-state index in [1.165, 1.54) is 19.2 Å². The predicted molar refractivity (Wildman–Crippen MR) is 72.8 cm³/mol. The fraction of sp³-hybridized carbons (Fsp3) is 0.333. The van der Waals surface area contributed by atoms with Crippen molar-refractivity contribution in [3.8, 4) is 6.07 Å². The van der Waals surface area contributed by atoms with Gasteiger partial charge in [-0.25, -0.2) is 17.9 Å². The van der Waals surface area contributed by atoms with Gasteiger partial charge in [-0.1, -0.05) is 11.6 Å². The third kappa shape index (κ3) is 4.20. The number of rotatable bonds is 6. The summed E-state index contributed by atoms with van der Waals surface area (Å²) < 4.78 is 30.5. The van der Waals surface area contributed by atoms with Crippen molar-refractivity contribution in [2.45, 2.75) is 17.7 Å². The van der Waals surface area contributed by atoms with Crippen LogP contribution in [0, 0.1) is 11.3 Å². The monoisotopic (exact) mass is 316 g/mol. The largest absolute Gasteiger partial charge is 0.462 e. The SMILES string of the molecule is CNS(=O)(=O)c1cc(C(=O)OCCCC#N)ccc1Cl. The van der Waals surface area contributed by atoms with E-state index in [2.05, 4.69) is 4.72 Å². The van der Waals surface area contributed by atoms with Gasteiger partial charge in [-0.2, -0.15) is 5.26 Å². The Balaban J connectivity index is 2.91. The smallest absolute Gasteiger partial charge is 0.338 e. The molecule has 0 atom stereocenters. The van der Waals surface area contributed by atoms with Crippen LogP contribution in [0.2, 0.25) is 5.02 Å². The molecule has 0 aliphatic rings. The summed E-state index contributed by atoms with van der Waals surface area (Å²) in [7, 11) is -2.50. The molecule has 108 valence electrons. The molecule has 0 bridgehead atoms. The molecule has 0 amide bonds. The summed E-state index contributed by atoms with van der Waals surface area (Å²) in [6, 6.07) is 5.78. The summed E-state index contributed by atoms with van der Waals surface area (Å²) in [6.07, 6.45) is 0.713. The zero-order valence-corrected chi connectivity index (χ0v) is 12.3. The third-order valence-electron chi connectivity index (χ3n) is 2.39. The molecule has 0 aliphatic carbocycles. The van der Waals surface area contributed by atoms with Crippen LogP contribution in [0.5, 0.6) is 0 Å². The van der Waals surface area contributed by atoms with Crippen LogP contribution in [0.15, 0.2) is 23.1 Å². The number of hydrogen-bond acceptors (Lipinski definition) is 5. The highest BCUT2D eigenvalue weighted by Crippen LogP contribution is 2.22. The first-order valence-electron chi connectivity index (χ1n) is 5.69. The van der Waals surface area contributed by atoms with Crippen LogP contribution in [0.25, 0.3) is 0 Å². The van der Waals surface area contributed by atoms with Crippen molar-refractivity contribution < 1.29 is 17.9 Å². The summed E-state index contributed by atoms with van der Waals surface area (Å²) in [4.78, 5) is 11.5. The van der Waals surface area contributed by atoms with Crippen LogP contribution >= 0.6 is 11.6 Å². The first-order valence-corrected chi connectivity index (χ1v) is 7.55. The molecule has 1 aromatic rings. The minimum Gasteiger partial charge on any atom is -0.462 e. The summed E-state index contributed by atoms with van der Waals surface area (Å²) in [5.74, 6) is -0.660. The summed E-state index contributed by atoms with van der Waals surface area (Å²) in [5, 5.41) is 8.37. The second kappa shape index (κ2) is 7.24. The molecule has 0 saturated heterocycles. The van der Waals surface area contributed by atoms with E-state index >= 15 is 0 Å². The zero-order chi connectivity index (χ0) is 15.2. The maximum atomic E-state index is 11.7. The molecule has 1 N–H and O–H groups in total. The number of hydrogen-bond donors (Lipinski definition) is 1. The van der Waals surface area contributed by atoms with Crippen LogP contribution in [-0.4, -0.2) is 28.0 Å². The standard InChI is InChI=1S/C12H13ClN2O4S/c1-15-20(17,18)11-8-9(4-5-10(11)13)12(16)19-7-3-2-6-14/h4-5,8,15H,2-3,7H2,1H3. The van der Waals surface area contributed by atoms with Crippen LogP contribution < -0.4 is 4.72 Å². The molecule has 1 rings (SSSR count). The van der Waals surface area contributed by atoms with E-state index in [-0.39, 0.29) is 28.5 Å². The molecule has 0 spiro atoms. The highest BCUT2D eigenvalue weighted by molar-refractivity contribution is 7.89. The second-order valence-electron chi connectivity index (χ2n) is 3.75. The molecule has 0 unspecified atom stereocenters. The Kier molecular flexibility index (Phi) is 5.95. The number of ether oxygens (including phenoxy) is 1. The quantitative estimate of drug-likeness (QED) is 0.636. The van der Waals surface area contributed by atoms with Gasteiger partial charge in [0.1, 0.15) is 4.90 Å². The lowest BCUT2D eigenvalue weighted by atomic mass is 10.2. The zero-order valence-electron chi connectivity index (χ0n) is 10.7. The molecular weight excluding hydrogens is 304 g/mol. The van der Waals surface area contributed by atoms with Gasteiger partial charge in [-0.3, -0.25) is 0 Å². The Bertz CT molecular complexity index is 637.